The van der Waals surface area contributed by atoms with Crippen molar-refractivity contribution >= 4 is 11.5 Å². The zero-order valence-electron chi connectivity index (χ0n) is 9.19. The van der Waals surface area contributed by atoms with Gasteiger partial charge in [0.1, 0.15) is 19.1 Å². The van der Waals surface area contributed by atoms with E-state index < -0.39 is 36.1 Å². The highest BCUT2D eigenvalue weighted by Crippen LogP contribution is 2.35. The van der Waals surface area contributed by atoms with Crippen molar-refractivity contribution in [3.63, 3.8) is 0 Å². The monoisotopic (exact) mass is 257 g/mol. The van der Waals surface area contributed by atoms with Crippen molar-refractivity contribution in [2.75, 3.05) is 13.3 Å². The molecular weight excluding hydrogens is 248 g/mol. The molecule has 0 saturated heterocycles. The highest BCUT2D eigenvalue weighted by molar-refractivity contribution is 6.01. The first-order valence-electron chi connectivity index (χ1n) is 5.14. The normalized spacial score (nSPS) is 16.9. The SMILES string of the molecule is O=C1CC(CF)(CF)Oc2ccc([N+](=O)[O-])cc21. The third-order valence-electron chi connectivity index (χ3n) is 2.77. The summed E-state index contributed by atoms with van der Waals surface area (Å²) >= 11 is 0. The zero-order chi connectivity index (χ0) is 13.3. The Morgan fingerprint density at radius 2 is 2.06 bits per heavy atom. The second-order valence-electron chi connectivity index (χ2n) is 4.09. The summed E-state index contributed by atoms with van der Waals surface area (Å²) in [5, 5.41) is 10.6. The van der Waals surface area contributed by atoms with Crippen LogP contribution in [0, 0.1) is 10.1 Å². The van der Waals surface area contributed by atoms with Crippen LogP contribution < -0.4 is 4.74 Å². The number of benzene rings is 1. The zero-order valence-corrected chi connectivity index (χ0v) is 9.19. The second kappa shape index (κ2) is 4.32. The van der Waals surface area contributed by atoms with E-state index in [9.17, 15) is 23.7 Å². The number of nitro benzene ring substituents is 1. The molecule has 0 radical (unpaired) electrons. The highest BCUT2D eigenvalue weighted by atomic mass is 19.1. The first-order valence-corrected chi connectivity index (χ1v) is 5.14. The molecule has 0 aromatic heterocycles. The predicted molar refractivity (Wildman–Crippen MR) is 57.4 cm³/mol. The Hall–Kier alpha value is -2.05. The van der Waals surface area contributed by atoms with Gasteiger partial charge in [-0.2, -0.15) is 0 Å². The lowest BCUT2D eigenvalue weighted by Crippen LogP contribution is -2.46. The molecule has 0 spiro atoms. The van der Waals surface area contributed by atoms with Gasteiger partial charge in [-0.1, -0.05) is 0 Å². The van der Waals surface area contributed by atoms with E-state index in [2.05, 4.69) is 0 Å². The van der Waals surface area contributed by atoms with Gasteiger partial charge in [0.25, 0.3) is 5.69 Å². The van der Waals surface area contributed by atoms with Gasteiger partial charge in [0.05, 0.1) is 16.9 Å². The van der Waals surface area contributed by atoms with Crippen LogP contribution in [0.4, 0.5) is 14.5 Å². The fraction of sp³-hybridized carbons (Fsp3) is 0.364. The lowest BCUT2D eigenvalue weighted by Gasteiger charge is -2.33. The summed E-state index contributed by atoms with van der Waals surface area (Å²) in [5.74, 6) is -0.581. The molecule has 1 aliphatic heterocycles. The molecule has 0 bridgehead atoms. The quantitative estimate of drug-likeness (QED) is 0.615. The number of hydrogen-bond acceptors (Lipinski definition) is 4. The molecule has 18 heavy (non-hydrogen) atoms. The van der Waals surface area contributed by atoms with Gasteiger partial charge < -0.3 is 4.74 Å². The molecule has 0 unspecified atom stereocenters. The summed E-state index contributed by atoms with van der Waals surface area (Å²) in [6.07, 6.45) is -0.464. The van der Waals surface area contributed by atoms with E-state index in [-0.39, 0.29) is 17.0 Å². The van der Waals surface area contributed by atoms with Crippen LogP contribution in [-0.2, 0) is 0 Å². The van der Waals surface area contributed by atoms with Gasteiger partial charge in [-0.3, -0.25) is 14.9 Å². The van der Waals surface area contributed by atoms with Crippen molar-refractivity contribution in [1.82, 2.24) is 0 Å². The van der Waals surface area contributed by atoms with Crippen molar-refractivity contribution in [2.45, 2.75) is 12.0 Å². The van der Waals surface area contributed by atoms with E-state index in [4.69, 9.17) is 4.74 Å². The van der Waals surface area contributed by atoms with Crippen LogP contribution in [0.3, 0.4) is 0 Å². The average Bonchev–Trinajstić information content (AvgIpc) is 2.38. The average molecular weight is 257 g/mol. The molecule has 0 amide bonds. The number of alkyl halides is 2. The molecule has 0 atom stereocenters. The largest absolute Gasteiger partial charge is 0.481 e. The lowest BCUT2D eigenvalue weighted by atomic mass is 9.91. The number of hydrogen-bond donors (Lipinski definition) is 0. The number of non-ortho nitro benzene ring substituents is 1. The minimum absolute atomic E-state index is 0.0123. The Morgan fingerprint density at radius 3 is 2.61 bits per heavy atom. The number of carbonyl (C=O) groups excluding carboxylic acids is 1. The number of rotatable bonds is 3. The van der Waals surface area contributed by atoms with Crippen molar-refractivity contribution in [3.8, 4) is 5.75 Å². The van der Waals surface area contributed by atoms with Crippen LogP contribution in [0.5, 0.6) is 5.75 Å². The molecule has 5 nitrogen and oxygen atoms in total. The number of ether oxygens (including phenoxy) is 1. The summed E-state index contributed by atoms with van der Waals surface area (Å²) in [4.78, 5) is 21.7. The maximum absolute atomic E-state index is 12.8. The van der Waals surface area contributed by atoms with Crippen LogP contribution in [0.15, 0.2) is 18.2 Å². The Morgan fingerprint density at radius 1 is 1.39 bits per heavy atom. The molecule has 0 fully saturated rings. The summed E-state index contributed by atoms with van der Waals surface area (Å²) in [5.41, 5.74) is -2.07. The van der Waals surface area contributed by atoms with E-state index in [0.717, 1.165) is 12.1 Å². The highest BCUT2D eigenvalue weighted by Gasteiger charge is 2.41. The predicted octanol–water partition coefficient (Wildman–Crippen LogP) is 2.24. The topological polar surface area (TPSA) is 69.4 Å². The molecule has 0 aliphatic carbocycles. The van der Waals surface area contributed by atoms with Crippen LogP contribution in [-0.4, -0.2) is 29.7 Å². The van der Waals surface area contributed by atoms with Crippen molar-refractivity contribution in [1.29, 1.82) is 0 Å². The standard InChI is InChI=1S/C11H9F2NO4/c12-5-11(6-13)4-9(15)8-3-7(14(16)17)1-2-10(8)18-11/h1-3H,4-6H2. The van der Waals surface area contributed by atoms with Crippen LogP contribution in [0.2, 0.25) is 0 Å². The molecular formula is C11H9F2NO4. The maximum atomic E-state index is 12.8. The van der Waals surface area contributed by atoms with Gasteiger partial charge in [0, 0.05) is 12.1 Å². The lowest BCUT2D eigenvalue weighted by molar-refractivity contribution is -0.384. The number of fused-ring (bicyclic) bond motifs is 1. The molecule has 1 aliphatic rings. The summed E-state index contributed by atoms with van der Waals surface area (Å²) < 4.78 is 30.7. The van der Waals surface area contributed by atoms with Gasteiger partial charge in [0.15, 0.2) is 11.4 Å². The van der Waals surface area contributed by atoms with Gasteiger partial charge in [-0.15, -0.1) is 0 Å². The fourth-order valence-corrected chi connectivity index (χ4v) is 1.78. The first kappa shape index (κ1) is 12.4. The van der Waals surface area contributed by atoms with Crippen molar-refractivity contribution in [3.05, 3.63) is 33.9 Å². The molecule has 1 aromatic carbocycles. The van der Waals surface area contributed by atoms with Crippen LogP contribution in [0.25, 0.3) is 0 Å². The molecule has 1 heterocycles. The van der Waals surface area contributed by atoms with Gasteiger partial charge in [-0.25, -0.2) is 8.78 Å². The number of halogens is 2. The van der Waals surface area contributed by atoms with Gasteiger partial charge in [-0.05, 0) is 6.07 Å². The Bertz CT molecular complexity index is 514. The summed E-state index contributed by atoms with van der Waals surface area (Å²) in [6.45, 7) is -2.27. The third-order valence-corrected chi connectivity index (χ3v) is 2.77. The number of nitrogens with zero attached hydrogens (tertiary/aromatic N) is 1. The Kier molecular flexibility index (Phi) is 2.98. The van der Waals surface area contributed by atoms with E-state index in [0.29, 0.717) is 0 Å². The van der Waals surface area contributed by atoms with E-state index in [1.165, 1.54) is 6.07 Å². The van der Waals surface area contributed by atoms with Crippen molar-refractivity contribution < 1.29 is 23.2 Å². The number of nitro groups is 1. The summed E-state index contributed by atoms with van der Waals surface area (Å²) in [6, 6.07) is 3.36. The minimum atomic E-state index is -1.79. The molecule has 2 rings (SSSR count). The van der Waals surface area contributed by atoms with Gasteiger partial charge in [0.2, 0.25) is 0 Å². The van der Waals surface area contributed by atoms with Gasteiger partial charge >= 0.3 is 0 Å². The van der Waals surface area contributed by atoms with Crippen molar-refractivity contribution in [2.24, 2.45) is 0 Å². The first-order chi connectivity index (χ1) is 8.51. The third kappa shape index (κ3) is 1.92. The van der Waals surface area contributed by atoms with E-state index in [1.54, 1.807) is 0 Å². The summed E-state index contributed by atoms with van der Waals surface area (Å²) in [7, 11) is 0. The van der Waals surface area contributed by atoms with E-state index in [1.807, 2.05) is 0 Å². The molecule has 96 valence electrons. The van der Waals surface area contributed by atoms with Crippen LogP contribution >= 0.6 is 0 Å². The minimum Gasteiger partial charge on any atom is -0.481 e. The van der Waals surface area contributed by atoms with E-state index >= 15 is 0 Å². The number of Topliss-reactive ketones (excluding diaryl/α,β-unsaturated/α-hetero) is 1. The molecule has 7 heteroatoms. The van der Waals surface area contributed by atoms with Crippen LogP contribution in [0.1, 0.15) is 16.8 Å². The fourth-order valence-electron chi connectivity index (χ4n) is 1.78. The molecule has 0 N–H and O–H groups in total. The molecule has 1 aromatic rings. The Labute approximate surface area is 101 Å². The Balaban J connectivity index is 2.45. The smallest absolute Gasteiger partial charge is 0.270 e. The molecule has 0 saturated carbocycles. The second-order valence-corrected chi connectivity index (χ2v) is 4.09. The maximum Gasteiger partial charge on any atom is 0.270 e. The number of ketones is 1. The number of carbonyl (C=O) groups is 1.